The number of aryl methyl sites for hydroxylation is 1. The second kappa shape index (κ2) is 9.98. The van der Waals surface area contributed by atoms with E-state index in [1.54, 1.807) is 4.90 Å². The molecule has 0 unspecified atom stereocenters. The molecule has 1 atom stereocenters. The van der Waals surface area contributed by atoms with Crippen molar-refractivity contribution in [3.63, 3.8) is 0 Å². The fourth-order valence-electron chi connectivity index (χ4n) is 4.73. The van der Waals surface area contributed by atoms with Gasteiger partial charge in [0.1, 0.15) is 6.04 Å². The normalized spacial score (nSPS) is 19.3. The Morgan fingerprint density at radius 3 is 2.28 bits per heavy atom. The summed E-state index contributed by atoms with van der Waals surface area (Å²) in [4.78, 5) is 42.0. The minimum atomic E-state index is -0.417. The molecule has 2 aliphatic heterocycles. The highest BCUT2D eigenvalue weighted by molar-refractivity contribution is 5.94. The Bertz CT molecular complexity index is 950. The van der Waals surface area contributed by atoms with E-state index in [4.69, 9.17) is 0 Å². The molecule has 168 valence electrons. The molecule has 6 heteroatoms. The largest absolute Gasteiger partial charge is 0.350 e. The Balaban J connectivity index is 1.34. The molecule has 32 heavy (non-hydrogen) atoms. The van der Waals surface area contributed by atoms with Crippen LogP contribution in [0.2, 0.25) is 0 Å². The molecule has 2 aliphatic rings. The van der Waals surface area contributed by atoms with Crippen molar-refractivity contribution in [1.82, 2.24) is 15.1 Å². The van der Waals surface area contributed by atoms with Crippen molar-refractivity contribution < 1.29 is 14.4 Å². The number of rotatable bonds is 6. The van der Waals surface area contributed by atoms with Gasteiger partial charge in [-0.1, -0.05) is 49.4 Å². The van der Waals surface area contributed by atoms with E-state index >= 15 is 0 Å². The van der Waals surface area contributed by atoms with Crippen LogP contribution in [0.15, 0.2) is 54.6 Å². The molecule has 6 nitrogen and oxygen atoms in total. The van der Waals surface area contributed by atoms with Crippen molar-refractivity contribution in [3.8, 4) is 0 Å². The summed E-state index contributed by atoms with van der Waals surface area (Å²) in [5, 5.41) is 2.99. The standard InChI is InChI=1S/C26H31N3O3/c1-2-19-8-10-21(11-9-19)26(32)28-16-14-22(15-17-28)29-23(12-13-24(29)30)25(31)27-18-20-6-4-3-5-7-20/h3-11,22-23H,2,12-18H2,1H3,(H,27,31)/t23-/m0/s1. The molecule has 2 heterocycles. The number of hydrogen-bond acceptors (Lipinski definition) is 3. The molecule has 3 amide bonds. The van der Waals surface area contributed by atoms with Gasteiger partial charge in [-0.25, -0.2) is 0 Å². The summed E-state index contributed by atoms with van der Waals surface area (Å²) in [7, 11) is 0. The van der Waals surface area contributed by atoms with Crippen molar-refractivity contribution in [1.29, 1.82) is 0 Å². The van der Waals surface area contributed by atoms with E-state index < -0.39 is 6.04 Å². The van der Waals surface area contributed by atoms with Crippen LogP contribution < -0.4 is 5.32 Å². The zero-order valence-electron chi connectivity index (χ0n) is 18.6. The summed E-state index contributed by atoms with van der Waals surface area (Å²) in [5.74, 6) is -0.00461. The monoisotopic (exact) mass is 433 g/mol. The highest BCUT2D eigenvalue weighted by atomic mass is 16.2. The molecule has 2 aromatic carbocycles. The van der Waals surface area contributed by atoms with Crippen LogP contribution in [0.3, 0.4) is 0 Å². The van der Waals surface area contributed by atoms with Crippen LogP contribution >= 0.6 is 0 Å². The van der Waals surface area contributed by atoms with Gasteiger partial charge >= 0.3 is 0 Å². The average Bonchev–Trinajstić information content (AvgIpc) is 3.24. The van der Waals surface area contributed by atoms with Gasteiger partial charge < -0.3 is 15.1 Å². The van der Waals surface area contributed by atoms with Crippen molar-refractivity contribution in [3.05, 3.63) is 71.3 Å². The molecule has 2 saturated heterocycles. The number of benzene rings is 2. The molecule has 0 saturated carbocycles. The predicted octanol–water partition coefficient (Wildman–Crippen LogP) is 3.16. The average molecular weight is 434 g/mol. The van der Waals surface area contributed by atoms with E-state index in [0.29, 0.717) is 50.9 Å². The van der Waals surface area contributed by atoms with Gasteiger partial charge in [0.15, 0.2) is 0 Å². The fourth-order valence-corrected chi connectivity index (χ4v) is 4.73. The lowest BCUT2D eigenvalue weighted by molar-refractivity contribution is -0.138. The first kappa shape index (κ1) is 22.1. The minimum Gasteiger partial charge on any atom is -0.350 e. The zero-order chi connectivity index (χ0) is 22.5. The zero-order valence-corrected chi connectivity index (χ0v) is 18.6. The highest BCUT2D eigenvalue weighted by Gasteiger charge is 2.41. The molecule has 0 bridgehead atoms. The van der Waals surface area contributed by atoms with E-state index in [2.05, 4.69) is 12.2 Å². The molecule has 0 spiro atoms. The van der Waals surface area contributed by atoms with Crippen molar-refractivity contribution in [2.75, 3.05) is 13.1 Å². The lowest BCUT2D eigenvalue weighted by Gasteiger charge is -2.39. The van der Waals surface area contributed by atoms with Gasteiger partial charge in [-0.15, -0.1) is 0 Å². The SMILES string of the molecule is CCc1ccc(C(=O)N2CCC(N3C(=O)CC[C@H]3C(=O)NCc3ccccc3)CC2)cc1. The Labute approximate surface area is 189 Å². The number of nitrogens with one attached hydrogen (secondary N) is 1. The molecular formula is C26H31N3O3. The number of piperidine rings is 1. The first-order valence-corrected chi connectivity index (χ1v) is 11.6. The van der Waals surface area contributed by atoms with E-state index in [0.717, 1.165) is 12.0 Å². The Hall–Kier alpha value is -3.15. The smallest absolute Gasteiger partial charge is 0.253 e. The Morgan fingerprint density at radius 2 is 1.62 bits per heavy atom. The number of carbonyl (C=O) groups excluding carboxylic acids is 3. The number of likely N-dealkylation sites (tertiary alicyclic amines) is 2. The molecule has 4 rings (SSSR count). The lowest BCUT2D eigenvalue weighted by Crippen LogP contribution is -2.53. The van der Waals surface area contributed by atoms with Gasteiger partial charge in [-0.05, 0) is 48.9 Å². The van der Waals surface area contributed by atoms with Crippen LogP contribution in [0.25, 0.3) is 0 Å². The number of amides is 3. The minimum absolute atomic E-state index is 0.00370. The third-order valence-electron chi connectivity index (χ3n) is 6.62. The highest BCUT2D eigenvalue weighted by Crippen LogP contribution is 2.28. The van der Waals surface area contributed by atoms with Crippen LogP contribution in [0.5, 0.6) is 0 Å². The van der Waals surface area contributed by atoms with Gasteiger partial charge in [0, 0.05) is 37.7 Å². The Kier molecular flexibility index (Phi) is 6.88. The van der Waals surface area contributed by atoms with Crippen molar-refractivity contribution in [2.45, 2.75) is 57.7 Å². The number of nitrogens with zero attached hydrogens (tertiary/aromatic N) is 2. The van der Waals surface area contributed by atoms with Gasteiger partial charge in [-0.3, -0.25) is 14.4 Å². The fraction of sp³-hybridized carbons (Fsp3) is 0.423. The molecule has 1 N–H and O–H groups in total. The van der Waals surface area contributed by atoms with Gasteiger partial charge in [0.2, 0.25) is 11.8 Å². The van der Waals surface area contributed by atoms with Gasteiger partial charge in [-0.2, -0.15) is 0 Å². The second-order valence-corrected chi connectivity index (χ2v) is 8.63. The third-order valence-corrected chi connectivity index (χ3v) is 6.62. The van der Waals surface area contributed by atoms with Crippen LogP contribution in [-0.4, -0.2) is 52.7 Å². The molecule has 2 aromatic rings. The second-order valence-electron chi connectivity index (χ2n) is 8.63. The number of hydrogen-bond donors (Lipinski definition) is 1. The molecule has 0 aliphatic carbocycles. The topological polar surface area (TPSA) is 69.7 Å². The van der Waals surface area contributed by atoms with Gasteiger partial charge in [0.25, 0.3) is 5.91 Å². The maximum absolute atomic E-state index is 12.9. The maximum Gasteiger partial charge on any atom is 0.253 e. The molecule has 0 aromatic heterocycles. The molecular weight excluding hydrogens is 402 g/mol. The van der Waals surface area contributed by atoms with Gasteiger partial charge in [0.05, 0.1) is 0 Å². The first-order valence-electron chi connectivity index (χ1n) is 11.6. The van der Waals surface area contributed by atoms with Crippen LogP contribution in [0.1, 0.15) is 54.1 Å². The summed E-state index contributed by atoms with van der Waals surface area (Å²) < 4.78 is 0. The summed E-state index contributed by atoms with van der Waals surface area (Å²) in [5.41, 5.74) is 2.95. The summed E-state index contributed by atoms with van der Waals surface area (Å²) in [6.07, 6.45) is 3.32. The van der Waals surface area contributed by atoms with E-state index in [1.165, 1.54) is 5.56 Å². The lowest BCUT2D eigenvalue weighted by atomic mass is 10.0. The van der Waals surface area contributed by atoms with Crippen molar-refractivity contribution in [2.24, 2.45) is 0 Å². The number of carbonyl (C=O) groups is 3. The first-order chi connectivity index (χ1) is 15.6. The molecule has 0 radical (unpaired) electrons. The summed E-state index contributed by atoms with van der Waals surface area (Å²) >= 11 is 0. The summed E-state index contributed by atoms with van der Waals surface area (Å²) in [6.45, 7) is 3.75. The third kappa shape index (κ3) is 4.85. The van der Waals surface area contributed by atoms with Crippen LogP contribution in [-0.2, 0) is 22.6 Å². The van der Waals surface area contributed by atoms with E-state index in [1.807, 2.05) is 59.5 Å². The van der Waals surface area contributed by atoms with Crippen LogP contribution in [0, 0.1) is 0 Å². The van der Waals surface area contributed by atoms with Crippen molar-refractivity contribution >= 4 is 17.7 Å². The predicted molar refractivity (Wildman–Crippen MR) is 123 cm³/mol. The molecule has 2 fully saturated rings. The quantitative estimate of drug-likeness (QED) is 0.761. The Morgan fingerprint density at radius 1 is 0.938 bits per heavy atom. The van der Waals surface area contributed by atoms with Crippen LogP contribution in [0.4, 0.5) is 0 Å². The van der Waals surface area contributed by atoms with E-state index in [-0.39, 0.29) is 23.8 Å². The van der Waals surface area contributed by atoms with E-state index in [9.17, 15) is 14.4 Å². The summed E-state index contributed by atoms with van der Waals surface area (Å²) in [6, 6.07) is 17.2. The maximum atomic E-state index is 12.9.